The maximum Gasteiger partial charge on any atom is 0.405 e. The molecule has 20 heteroatoms. The Balaban J connectivity index is 1.19. The van der Waals surface area contributed by atoms with E-state index < -0.39 is 103 Å². The number of carbonyl (C=O) groups excluding carboxylic acids is 4. The average molecular weight is 965 g/mol. The number of anilines is 2. The Morgan fingerprint density at radius 3 is 1.30 bits per heavy atom. The van der Waals surface area contributed by atoms with Crippen molar-refractivity contribution in [2.75, 3.05) is 23.7 Å². The van der Waals surface area contributed by atoms with Gasteiger partial charge >= 0.3 is 24.5 Å². The molecule has 366 valence electrons. The zero-order valence-electron chi connectivity index (χ0n) is 37.0. The number of nitrogens with zero attached hydrogens (tertiary/aromatic N) is 2. The molecule has 2 unspecified atom stereocenters. The lowest BCUT2D eigenvalue weighted by atomic mass is 9.70. The Hall–Kier alpha value is -7.12. The molecular weight excluding hydrogens is 915 g/mol. The van der Waals surface area contributed by atoms with Crippen LogP contribution < -0.4 is 21.3 Å². The lowest BCUT2D eigenvalue weighted by Crippen LogP contribution is -2.48. The number of carboxylic acid groups (broad SMARTS) is 2. The van der Waals surface area contributed by atoms with Gasteiger partial charge in [-0.2, -0.15) is 26.3 Å². The summed E-state index contributed by atoms with van der Waals surface area (Å²) in [5.41, 5.74) is 1.16. The molecular formula is C49H50F6N6O8. The average Bonchev–Trinajstić information content (AvgIpc) is 4.05. The summed E-state index contributed by atoms with van der Waals surface area (Å²) >= 11 is 0. The van der Waals surface area contributed by atoms with E-state index in [-0.39, 0.29) is 50.1 Å². The molecule has 0 saturated carbocycles. The van der Waals surface area contributed by atoms with Crippen molar-refractivity contribution >= 4 is 47.2 Å². The first-order chi connectivity index (χ1) is 32.7. The largest absolute Gasteiger partial charge is 0.465 e. The van der Waals surface area contributed by atoms with Crippen LogP contribution in [0.15, 0.2) is 97.1 Å². The SMILES string of the molecule is O=C(O)NC(C(=O)N1CCC[C@H]1C(=O)Nc1ccc2c(c1)C(CCCC(F)(F)F)(CCCC(F)(F)F)c1cc(NC(=O)[C@@H]3CCCN3C(=O)C(NC(=O)O)c3ccccc3)ccc1-2)c1ccccc1. The molecule has 2 saturated heterocycles. The molecule has 0 radical (unpaired) electrons. The Labute approximate surface area is 392 Å². The number of fused-ring (bicyclic) bond motifs is 3. The number of nitrogens with one attached hydrogen (secondary N) is 4. The fourth-order valence-corrected chi connectivity index (χ4v) is 10.00. The number of amides is 6. The lowest BCUT2D eigenvalue weighted by molar-refractivity contribution is -0.138. The second-order valence-electron chi connectivity index (χ2n) is 17.5. The van der Waals surface area contributed by atoms with E-state index in [0.29, 0.717) is 46.2 Å². The van der Waals surface area contributed by atoms with Gasteiger partial charge in [-0.15, -0.1) is 0 Å². The number of hydrogen-bond acceptors (Lipinski definition) is 6. The lowest BCUT2D eigenvalue weighted by Gasteiger charge is -2.34. The molecule has 0 aromatic heterocycles. The van der Waals surface area contributed by atoms with Crippen molar-refractivity contribution in [3.63, 3.8) is 0 Å². The van der Waals surface area contributed by atoms with E-state index >= 15 is 0 Å². The molecule has 6 N–H and O–H groups in total. The third-order valence-electron chi connectivity index (χ3n) is 13.0. The molecule has 69 heavy (non-hydrogen) atoms. The van der Waals surface area contributed by atoms with Crippen molar-refractivity contribution in [2.24, 2.45) is 0 Å². The zero-order chi connectivity index (χ0) is 49.7. The Kier molecular flexibility index (Phi) is 14.9. The number of rotatable bonds is 16. The van der Waals surface area contributed by atoms with E-state index in [0.717, 1.165) is 0 Å². The van der Waals surface area contributed by atoms with Gasteiger partial charge in [-0.1, -0.05) is 72.8 Å². The van der Waals surface area contributed by atoms with Crippen LogP contribution in [0.2, 0.25) is 0 Å². The summed E-state index contributed by atoms with van der Waals surface area (Å²) in [7, 11) is 0. The molecule has 0 spiro atoms. The standard InChI is InChI=1S/C49H50F6N6O8/c50-48(51,52)23-9-21-47(22-10-24-49(53,54)55)35-27-31(56-41(62)37-15-7-25-60(37)43(64)39(58-45(66)67)29-11-3-1-4-12-29)17-19-33(35)34-20-18-32(28-36(34)47)57-42(63)38-16-8-26-61(38)44(65)40(59-46(68)69)30-13-5-2-6-14-30/h1-6,11-14,17-20,27-28,37-40,58-59H,7-10,15-16,21-26H2,(H,56,62)(H,57,63)(H,66,67)(H,68,69)/t37-,38-,39?,40?/m0/s1. The number of carbonyl (C=O) groups is 6. The summed E-state index contributed by atoms with van der Waals surface area (Å²) in [6.45, 7) is 0.263. The minimum Gasteiger partial charge on any atom is -0.465 e. The summed E-state index contributed by atoms with van der Waals surface area (Å²) in [6, 6.07) is 20.7. The molecule has 14 nitrogen and oxygen atoms in total. The summed E-state index contributed by atoms with van der Waals surface area (Å²) in [6.07, 6.45) is -14.9. The Morgan fingerprint density at radius 1 is 0.580 bits per heavy atom. The van der Waals surface area contributed by atoms with Gasteiger partial charge < -0.3 is 41.3 Å². The molecule has 7 rings (SSSR count). The molecule has 4 atom stereocenters. The first kappa shape index (κ1) is 49.8. The number of hydrogen-bond donors (Lipinski definition) is 6. The smallest absolute Gasteiger partial charge is 0.405 e. The van der Waals surface area contributed by atoms with E-state index in [1.54, 1.807) is 72.8 Å². The van der Waals surface area contributed by atoms with Gasteiger partial charge in [-0.3, -0.25) is 19.2 Å². The van der Waals surface area contributed by atoms with E-state index in [4.69, 9.17) is 0 Å². The molecule has 3 aliphatic rings. The highest BCUT2D eigenvalue weighted by Crippen LogP contribution is 2.56. The Bertz CT molecular complexity index is 2390. The first-order valence-corrected chi connectivity index (χ1v) is 22.5. The molecule has 2 heterocycles. The highest BCUT2D eigenvalue weighted by atomic mass is 19.4. The minimum absolute atomic E-state index is 0.132. The fraction of sp³-hybridized carbons (Fsp3) is 0.388. The molecule has 0 bridgehead atoms. The van der Waals surface area contributed by atoms with Gasteiger partial charge in [0.2, 0.25) is 11.8 Å². The van der Waals surface area contributed by atoms with E-state index in [9.17, 15) is 65.3 Å². The van der Waals surface area contributed by atoms with Gasteiger partial charge in [-0.25, -0.2) is 9.59 Å². The Morgan fingerprint density at radius 2 is 0.957 bits per heavy atom. The fourth-order valence-electron chi connectivity index (χ4n) is 10.00. The molecule has 4 aromatic carbocycles. The quantitative estimate of drug-likeness (QED) is 0.0598. The second-order valence-corrected chi connectivity index (χ2v) is 17.5. The summed E-state index contributed by atoms with van der Waals surface area (Å²) in [5, 5.41) is 29.2. The van der Waals surface area contributed by atoms with Crippen LogP contribution in [0.5, 0.6) is 0 Å². The third kappa shape index (κ3) is 11.6. The predicted molar refractivity (Wildman–Crippen MR) is 240 cm³/mol. The zero-order valence-corrected chi connectivity index (χ0v) is 37.0. The molecule has 1 aliphatic carbocycles. The maximum atomic E-state index is 14.0. The van der Waals surface area contributed by atoms with Crippen molar-refractivity contribution < 1.29 is 65.3 Å². The van der Waals surface area contributed by atoms with Crippen LogP contribution in [-0.2, 0) is 24.6 Å². The van der Waals surface area contributed by atoms with Gasteiger partial charge in [0, 0.05) is 42.7 Å². The highest BCUT2D eigenvalue weighted by molar-refractivity contribution is 6.01. The van der Waals surface area contributed by atoms with Crippen molar-refractivity contribution in [3.8, 4) is 11.1 Å². The van der Waals surface area contributed by atoms with Crippen molar-refractivity contribution in [1.29, 1.82) is 0 Å². The van der Waals surface area contributed by atoms with E-state index in [2.05, 4.69) is 21.3 Å². The van der Waals surface area contributed by atoms with Crippen LogP contribution in [-0.4, -0.2) is 93.4 Å². The van der Waals surface area contributed by atoms with Gasteiger partial charge in [0.05, 0.1) is 0 Å². The number of benzene rings is 4. The van der Waals surface area contributed by atoms with Gasteiger partial charge in [0.15, 0.2) is 0 Å². The minimum atomic E-state index is -4.60. The van der Waals surface area contributed by atoms with Crippen LogP contribution in [0, 0.1) is 0 Å². The van der Waals surface area contributed by atoms with Crippen LogP contribution in [0.1, 0.15) is 98.5 Å². The van der Waals surface area contributed by atoms with Gasteiger partial charge in [0.1, 0.15) is 24.2 Å². The third-order valence-corrected chi connectivity index (χ3v) is 13.0. The molecule has 6 amide bonds. The number of likely N-dealkylation sites (tertiary alicyclic amines) is 2. The summed E-state index contributed by atoms with van der Waals surface area (Å²) in [5.74, 6) is -2.62. The van der Waals surface area contributed by atoms with E-state index in [1.807, 2.05) is 0 Å². The molecule has 4 aromatic rings. The predicted octanol–water partition coefficient (Wildman–Crippen LogP) is 9.30. The van der Waals surface area contributed by atoms with Crippen molar-refractivity contribution in [3.05, 3.63) is 119 Å². The normalized spacial score (nSPS) is 18.1. The van der Waals surface area contributed by atoms with Crippen LogP contribution >= 0.6 is 0 Å². The molecule has 2 fully saturated rings. The second kappa shape index (κ2) is 20.6. The topological polar surface area (TPSA) is 197 Å². The number of alkyl halides is 6. The van der Waals surface area contributed by atoms with Gasteiger partial charge in [-0.05, 0) is 109 Å². The maximum absolute atomic E-state index is 14.0. The monoisotopic (exact) mass is 964 g/mol. The molecule has 2 aliphatic heterocycles. The van der Waals surface area contributed by atoms with Crippen molar-refractivity contribution in [1.82, 2.24) is 20.4 Å². The number of halogens is 6. The summed E-state index contributed by atoms with van der Waals surface area (Å²) in [4.78, 5) is 81.9. The summed E-state index contributed by atoms with van der Waals surface area (Å²) < 4.78 is 82.8. The highest BCUT2D eigenvalue weighted by Gasteiger charge is 2.46. The van der Waals surface area contributed by atoms with Crippen LogP contribution in [0.25, 0.3) is 11.1 Å². The first-order valence-electron chi connectivity index (χ1n) is 22.5. The van der Waals surface area contributed by atoms with Crippen LogP contribution in [0.3, 0.4) is 0 Å². The van der Waals surface area contributed by atoms with Crippen molar-refractivity contribution in [2.45, 2.75) is 106 Å². The van der Waals surface area contributed by atoms with Gasteiger partial charge in [0.25, 0.3) is 11.8 Å². The van der Waals surface area contributed by atoms with Crippen LogP contribution in [0.4, 0.5) is 47.3 Å². The van der Waals surface area contributed by atoms with E-state index in [1.165, 1.54) is 34.1 Å².